The summed E-state index contributed by atoms with van der Waals surface area (Å²) < 4.78 is 0. The number of hydrogen-bond donors (Lipinski definition) is 3. The maximum Gasteiger partial charge on any atom is 0.322 e. The number of anilines is 1. The van der Waals surface area contributed by atoms with Crippen molar-refractivity contribution in [2.24, 2.45) is 0 Å². The zero-order chi connectivity index (χ0) is 14.4. The first kappa shape index (κ1) is 14.2. The zero-order valence-corrected chi connectivity index (χ0v) is 11.2. The topological polar surface area (TPSA) is 104 Å². The van der Waals surface area contributed by atoms with Crippen LogP contribution in [0.15, 0.2) is 6.33 Å². The Kier molecular flexibility index (Phi) is 4.86. The third-order valence-electron chi connectivity index (χ3n) is 3.23. The van der Waals surface area contributed by atoms with E-state index in [1.54, 1.807) is 0 Å². The molecular formula is C13H18N4O3. The highest BCUT2D eigenvalue weighted by atomic mass is 16.4. The van der Waals surface area contributed by atoms with Gasteiger partial charge in [-0.2, -0.15) is 0 Å². The van der Waals surface area contributed by atoms with Crippen LogP contribution in [0.25, 0.3) is 0 Å². The summed E-state index contributed by atoms with van der Waals surface area (Å²) in [7, 11) is 0. The van der Waals surface area contributed by atoms with E-state index in [4.69, 9.17) is 5.11 Å². The van der Waals surface area contributed by atoms with Crippen LogP contribution in [-0.4, -0.2) is 40.0 Å². The summed E-state index contributed by atoms with van der Waals surface area (Å²) in [4.78, 5) is 30.3. The quantitative estimate of drug-likeness (QED) is 0.672. The number of aromatic nitrogens is 2. The molecule has 1 aliphatic rings. The minimum atomic E-state index is -1.06. The molecule has 0 bridgehead atoms. The van der Waals surface area contributed by atoms with Crippen LogP contribution in [0.2, 0.25) is 0 Å². The number of aliphatic carboxylic acids is 1. The Bertz CT molecular complexity index is 504. The lowest BCUT2D eigenvalue weighted by atomic mass is 10.1. The number of carboxylic acid groups (broad SMARTS) is 1. The van der Waals surface area contributed by atoms with Crippen molar-refractivity contribution in [3.05, 3.63) is 17.6 Å². The Morgan fingerprint density at radius 3 is 2.75 bits per heavy atom. The second-order valence-electron chi connectivity index (χ2n) is 4.73. The van der Waals surface area contributed by atoms with Gasteiger partial charge in [0.1, 0.15) is 18.7 Å². The first-order valence-corrected chi connectivity index (χ1v) is 6.72. The van der Waals surface area contributed by atoms with Gasteiger partial charge in [-0.05, 0) is 25.7 Å². The second-order valence-corrected chi connectivity index (χ2v) is 4.73. The van der Waals surface area contributed by atoms with E-state index in [1.165, 1.54) is 12.7 Å². The molecule has 0 atom stereocenters. The van der Waals surface area contributed by atoms with Crippen LogP contribution in [0.4, 0.5) is 5.82 Å². The van der Waals surface area contributed by atoms with E-state index in [1.807, 2.05) is 0 Å². The summed E-state index contributed by atoms with van der Waals surface area (Å²) in [5, 5.41) is 13.7. The summed E-state index contributed by atoms with van der Waals surface area (Å²) in [6, 6.07) is 0. The number of carboxylic acids is 1. The molecule has 0 saturated carbocycles. The fourth-order valence-electron chi connectivity index (χ4n) is 2.25. The monoisotopic (exact) mass is 278 g/mol. The van der Waals surface area contributed by atoms with Crippen LogP contribution in [0.1, 0.15) is 30.5 Å². The molecule has 0 aromatic carbocycles. The highest BCUT2D eigenvalue weighted by Gasteiger charge is 2.14. The Hall–Kier alpha value is -2.18. The smallest absolute Gasteiger partial charge is 0.322 e. The lowest BCUT2D eigenvalue weighted by molar-refractivity contribution is -0.137. The second kappa shape index (κ2) is 6.83. The van der Waals surface area contributed by atoms with Crippen molar-refractivity contribution in [1.82, 2.24) is 15.3 Å². The average molecular weight is 278 g/mol. The molecule has 7 nitrogen and oxygen atoms in total. The lowest BCUT2D eigenvalue weighted by Crippen LogP contribution is -2.34. The molecule has 0 spiro atoms. The molecule has 20 heavy (non-hydrogen) atoms. The van der Waals surface area contributed by atoms with Gasteiger partial charge < -0.3 is 15.7 Å². The van der Waals surface area contributed by atoms with E-state index in [0.717, 1.165) is 36.9 Å². The van der Waals surface area contributed by atoms with Crippen LogP contribution in [0, 0.1) is 0 Å². The fraction of sp³-hybridized carbons (Fsp3) is 0.538. The van der Waals surface area contributed by atoms with Gasteiger partial charge in [-0.1, -0.05) is 6.42 Å². The number of carbonyl (C=O) groups excluding carboxylic acids is 1. The van der Waals surface area contributed by atoms with Gasteiger partial charge in [0.15, 0.2) is 0 Å². The summed E-state index contributed by atoms with van der Waals surface area (Å²) >= 11 is 0. The van der Waals surface area contributed by atoms with Crippen molar-refractivity contribution in [2.45, 2.75) is 32.1 Å². The number of aryl methyl sites for hydroxylation is 1. The standard InChI is InChI=1S/C13H18N4O3/c18-11(14-7-12(19)20)6-15-13-9-4-2-1-3-5-10(9)16-8-17-13/h8H,1-7H2,(H,14,18)(H,19,20)(H,15,16,17). The van der Waals surface area contributed by atoms with E-state index in [2.05, 4.69) is 20.6 Å². The van der Waals surface area contributed by atoms with Crippen molar-refractivity contribution in [1.29, 1.82) is 0 Å². The Morgan fingerprint density at radius 1 is 1.15 bits per heavy atom. The minimum Gasteiger partial charge on any atom is -0.480 e. The number of nitrogens with one attached hydrogen (secondary N) is 2. The summed E-state index contributed by atoms with van der Waals surface area (Å²) in [5.41, 5.74) is 2.13. The van der Waals surface area contributed by atoms with Crippen LogP contribution in [0.5, 0.6) is 0 Å². The first-order chi connectivity index (χ1) is 9.66. The van der Waals surface area contributed by atoms with E-state index < -0.39 is 5.97 Å². The third-order valence-corrected chi connectivity index (χ3v) is 3.23. The summed E-state index contributed by atoms with van der Waals surface area (Å²) in [5.74, 6) is -0.745. The molecule has 108 valence electrons. The van der Waals surface area contributed by atoms with Crippen molar-refractivity contribution in [2.75, 3.05) is 18.4 Å². The molecule has 3 N–H and O–H groups in total. The van der Waals surface area contributed by atoms with Crippen molar-refractivity contribution in [3.63, 3.8) is 0 Å². The predicted octanol–water partition coefficient (Wildman–Crippen LogP) is 0.358. The Balaban J connectivity index is 1.96. The van der Waals surface area contributed by atoms with Gasteiger partial charge in [-0.15, -0.1) is 0 Å². The average Bonchev–Trinajstić information content (AvgIpc) is 2.68. The molecule has 1 heterocycles. The Morgan fingerprint density at radius 2 is 1.95 bits per heavy atom. The van der Waals surface area contributed by atoms with Crippen LogP contribution in [0.3, 0.4) is 0 Å². The number of hydrogen-bond acceptors (Lipinski definition) is 5. The van der Waals surface area contributed by atoms with E-state index >= 15 is 0 Å². The van der Waals surface area contributed by atoms with Gasteiger partial charge >= 0.3 is 5.97 Å². The number of amides is 1. The molecule has 0 radical (unpaired) electrons. The number of nitrogens with zero attached hydrogens (tertiary/aromatic N) is 2. The molecule has 1 amide bonds. The number of rotatable bonds is 5. The molecule has 1 aliphatic carbocycles. The maximum atomic E-state index is 11.5. The van der Waals surface area contributed by atoms with Gasteiger partial charge in [0.2, 0.25) is 5.91 Å². The van der Waals surface area contributed by atoms with Gasteiger partial charge in [0, 0.05) is 11.3 Å². The highest BCUT2D eigenvalue weighted by Crippen LogP contribution is 2.23. The SMILES string of the molecule is O=C(O)CNC(=O)CNc1ncnc2c1CCCCC2. The lowest BCUT2D eigenvalue weighted by Gasteiger charge is -2.12. The molecule has 1 aromatic heterocycles. The van der Waals surface area contributed by atoms with Crippen molar-refractivity contribution < 1.29 is 14.7 Å². The largest absolute Gasteiger partial charge is 0.480 e. The van der Waals surface area contributed by atoms with Crippen LogP contribution in [-0.2, 0) is 22.4 Å². The van der Waals surface area contributed by atoms with E-state index in [-0.39, 0.29) is 19.0 Å². The van der Waals surface area contributed by atoms with Gasteiger partial charge in [-0.3, -0.25) is 9.59 Å². The molecule has 7 heteroatoms. The maximum absolute atomic E-state index is 11.5. The molecule has 0 unspecified atom stereocenters. The minimum absolute atomic E-state index is 0.0106. The molecular weight excluding hydrogens is 260 g/mol. The van der Waals surface area contributed by atoms with Gasteiger partial charge in [0.25, 0.3) is 0 Å². The van der Waals surface area contributed by atoms with Gasteiger partial charge in [0.05, 0.1) is 6.54 Å². The molecule has 0 fully saturated rings. The third kappa shape index (κ3) is 3.91. The van der Waals surface area contributed by atoms with Crippen LogP contribution >= 0.6 is 0 Å². The predicted molar refractivity (Wildman–Crippen MR) is 72.4 cm³/mol. The van der Waals surface area contributed by atoms with Crippen molar-refractivity contribution >= 4 is 17.7 Å². The molecule has 0 saturated heterocycles. The first-order valence-electron chi connectivity index (χ1n) is 6.72. The fourth-order valence-corrected chi connectivity index (χ4v) is 2.25. The highest BCUT2D eigenvalue weighted by molar-refractivity contribution is 5.84. The van der Waals surface area contributed by atoms with Gasteiger partial charge in [-0.25, -0.2) is 9.97 Å². The summed E-state index contributed by atoms with van der Waals surface area (Å²) in [6.45, 7) is -0.362. The zero-order valence-electron chi connectivity index (χ0n) is 11.2. The summed E-state index contributed by atoms with van der Waals surface area (Å²) in [6.07, 6.45) is 6.76. The van der Waals surface area contributed by atoms with E-state index in [9.17, 15) is 9.59 Å². The van der Waals surface area contributed by atoms with Crippen molar-refractivity contribution in [3.8, 4) is 0 Å². The number of carbonyl (C=O) groups is 2. The van der Waals surface area contributed by atoms with E-state index in [0.29, 0.717) is 5.82 Å². The van der Waals surface area contributed by atoms with Crippen LogP contribution < -0.4 is 10.6 Å². The normalized spacial score (nSPS) is 14.0. The Labute approximate surface area is 116 Å². The molecule has 2 rings (SSSR count). The number of fused-ring (bicyclic) bond motifs is 1. The molecule has 1 aromatic rings. The molecule has 0 aliphatic heterocycles.